The largest absolute Gasteiger partial charge is 0.279 e. The monoisotopic (exact) mass is 437 g/mol. The fraction of sp³-hybridized carbons (Fsp3) is 0. The highest BCUT2D eigenvalue weighted by atomic mass is 127. The zero-order chi connectivity index (χ0) is 17.3. The Balaban J connectivity index is 1.99. The molecule has 0 spiro atoms. The van der Waals surface area contributed by atoms with E-state index in [2.05, 4.69) is 10.3 Å². The molecule has 0 unspecified atom stereocenters. The van der Waals surface area contributed by atoms with E-state index in [1.165, 1.54) is 41.2 Å². The van der Waals surface area contributed by atoms with Gasteiger partial charge in [0.25, 0.3) is 11.4 Å². The first-order valence-corrected chi connectivity index (χ1v) is 7.65. The first kappa shape index (κ1) is 16.0. The Morgan fingerprint density at radius 2 is 1.71 bits per heavy atom. The summed E-state index contributed by atoms with van der Waals surface area (Å²) >= 11 is 2.00. The van der Waals surface area contributed by atoms with Crippen LogP contribution in [0.25, 0.3) is 16.9 Å². The van der Waals surface area contributed by atoms with Crippen molar-refractivity contribution in [3.63, 3.8) is 0 Å². The SMILES string of the molecule is O=[N+]([O-])c1ccc(-n2cc(-c3ccc(I)cc3[N+](=O)[O-])nn2)cc1. The summed E-state index contributed by atoms with van der Waals surface area (Å²) in [5.41, 5.74) is 1.17. The van der Waals surface area contributed by atoms with Crippen LogP contribution in [0.4, 0.5) is 11.4 Å². The minimum absolute atomic E-state index is 0.0349. The highest BCUT2D eigenvalue weighted by Gasteiger charge is 2.18. The summed E-state index contributed by atoms with van der Waals surface area (Å²) in [4.78, 5) is 20.9. The van der Waals surface area contributed by atoms with Gasteiger partial charge in [0.15, 0.2) is 0 Å². The predicted octanol–water partition coefficient (Wildman–Crippen LogP) is 3.36. The van der Waals surface area contributed by atoms with Crippen LogP contribution in [0.2, 0.25) is 0 Å². The molecule has 0 aliphatic heterocycles. The fourth-order valence-corrected chi connectivity index (χ4v) is 2.59. The molecule has 0 bridgehead atoms. The van der Waals surface area contributed by atoms with Crippen LogP contribution in [-0.2, 0) is 0 Å². The topological polar surface area (TPSA) is 117 Å². The summed E-state index contributed by atoms with van der Waals surface area (Å²) in [6, 6.07) is 10.6. The minimum Gasteiger partial charge on any atom is -0.258 e. The van der Waals surface area contributed by atoms with Crippen molar-refractivity contribution >= 4 is 34.0 Å². The lowest BCUT2D eigenvalue weighted by Crippen LogP contribution is -1.95. The van der Waals surface area contributed by atoms with Crippen molar-refractivity contribution in [1.82, 2.24) is 15.0 Å². The second-order valence-electron chi connectivity index (χ2n) is 4.74. The second kappa shape index (κ2) is 6.31. The summed E-state index contributed by atoms with van der Waals surface area (Å²) in [5.74, 6) is 0. The maximum atomic E-state index is 11.2. The lowest BCUT2D eigenvalue weighted by Gasteiger charge is -2.00. The highest BCUT2D eigenvalue weighted by Crippen LogP contribution is 2.30. The minimum atomic E-state index is -0.495. The molecule has 2 aromatic carbocycles. The molecule has 24 heavy (non-hydrogen) atoms. The van der Waals surface area contributed by atoms with E-state index in [0.717, 1.165) is 3.57 Å². The van der Waals surface area contributed by atoms with Gasteiger partial charge in [-0.05, 0) is 46.9 Å². The number of halogens is 1. The second-order valence-corrected chi connectivity index (χ2v) is 5.99. The van der Waals surface area contributed by atoms with Gasteiger partial charge in [0.1, 0.15) is 5.69 Å². The van der Waals surface area contributed by atoms with Gasteiger partial charge < -0.3 is 0 Å². The van der Waals surface area contributed by atoms with Crippen LogP contribution in [0.1, 0.15) is 0 Å². The number of rotatable bonds is 4. The summed E-state index contributed by atoms with van der Waals surface area (Å²) in [7, 11) is 0. The third-order valence-electron chi connectivity index (χ3n) is 3.25. The Kier molecular flexibility index (Phi) is 4.20. The summed E-state index contributed by atoms with van der Waals surface area (Å²) < 4.78 is 2.15. The fourth-order valence-electron chi connectivity index (χ4n) is 2.11. The molecule has 3 aromatic rings. The van der Waals surface area contributed by atoms with E-state index in [1.54, 1.807) is 12.1 Å². The van der Waals surface area contributed by atoms with Gasteiger partial charge in [0, 0.05) is 21.8 Å². The van der Waals surface area contributed by atoms with Crippen LogP contribution >= 0.6 is 22.6 Å². The van der Waals surface area contributed by atoms with Crippen molar-refractivity contribution in [3.8, 4) is 16.9 Å². The van der Waals surface area contributed by atoms with Crippen molar-refractivity contribution in [2.24, 2.45) is 0 Å². The lowest BCUT2D eigenvalue weighted by molar-refractivity contribution is -0.384. The van der Waals surface area contributed by atoms with Crippen LogP contribution in [0.15, 0.2) is 48.7 Å². The van der Waals surface area contributed by atoms with Gasteiger partial charge >= 0.3 is 0 Å². The lowest BCUT2D eigenvalue weighted by atomic mass is 10.1. The number of aromatic nitrogens is 3. The molecule has 0 fully saturated rings. The molecule has 9 nitrogen and oxygen atoms in total. The Morgan fingerprint density at radius 1 is 1.00 bits per heavy atom. The van der Waals surface area contributed by atoms with Crippen LogP contribution < -0.4 is 0 Å². The van der Waals surface area contributed by atoms with Crippen LogP contribution in [0.3, 0.4) is 0 Å². The quantitative estimate of drug-likeness (QED) is 0.351. The average Bonchev–Trinajstić information content (AvgIpc) is 3.04. The maximum absolute atomic E-state index is 11.2. The highest BCUT2D eigenvalue weighted by molar-refractivity contribution is 14.1. The van der Waals surface area contributed by atoms with Crippen molar-refractivity contribution in [3.05, 3.63) is 72.5 Å². The molecule has 0 aliphatic rings. The molecule has 0 saturated carbocycles. The first-order chi connectivity index (χ1) is 11.5. The van der Waals surface area contributed by atoms with Crippen molar-refractivity contribution < 1.29 is 9.85 Å². The Morgan fingerprint density at radius 3 is 2.33 bits per heavy atom. The molecule has 0 atom stereocenters. The van der Waals surface area contributed by atoms with Gasteiger partial charge in [-0.25, -0.2) is 4.68 Å². The van der Waals surface area contributed by atoms with E-state index in [9.17, 15) is 20.2 Å². The van der Waals surface area contributed by atoms with E-state index < -0.39 is 9.85 Å². The number of nitro benzene ring substituents is 2. The summed E-state index contributed by atoms with van der Waals surface area (Å²) in [6.45, 7) is 0. The molecule has 0 amide bonds. The normalized spacial score (nSPS) is 10.5. The van der Waals surface area contributed by atoms with Gasteiger partial charge in [0.05, 0.1) is 27.3 Å². The molecule has 0 radical (unpaired) electrons. The number of benzene rings is 2. The van der Waals surface area contributed by atoms with Crippen molar-refractivity contribution in [2.75, 3.05) is 0 Å². The maximum Gasteiger partial charge on any atom is 0.279 e. The van der Waals surface area contributed by atoms with E-state index in [-0.39, 0.29) is 11.4 Å². The first-order valence-electron chi connectivity index (χ1n) is 6.57. The summed E-state index contributed by atoms with van der Waals surface area (Å²) in [5, 5.41) is 29.8. The van der Waals surface area contributed by atoms with Gasteiger partial charge in [-0.3, -0.25) is 20.2 Å². The molecule has 120 valence electrons. The van der Waals surface area contributed by atoms with E-state index in [0.29, 0.717) is 16.9 Å². The molecule has 1 aromatic heterocycles. The van der Waals surface area contributed by atoms with Crippen LogP contribution in [0, 0.1) is 23.8 Å². The van der Waals surface area contributed by atoms with Gasteiger partial charge in [-0.1, -0.05) is 5.21 Å². The molecule has 0 aliphatic carbocycles. The molecule has 3 rings (SSSR count). The van der Waals surface area contributed by atoms with E-state index in [4.69, 9.17) is 0 Å². The molecule has 0 N–H and O–H groups in total. The van der Waals surface area contributed by atoms with Crippen molar-refractivity contribution in [2.45, 2.75) is 0 Å². The smallest absolute Gasteiger partial charge is 0.258 e. The van der Waals surface area contributed by atoms with Crippen LogP contribution in [0.5, 0.6) is 0 Å². The zero-order valence-corrected chi connectivity index (χ0v) is 14.0. The Hall–Kier alpha value is -2.89. The zero-order valence-electron chi connectivity index (χ0n) is 11.9. The standard InChI is InChI=1S/C14H8IN5O4/c15-9-1-6-12(14(7-9)20(23)24)13-8-18(17-16-13)10-2-4-11(5-3-10)19(21)22/h1-8H. The Bertz CT molecular complexity index is 939. The summed E-state index contributed by atoms with van der Waals surface area (Å²) in [6.07, 6.45) is 1.54. The van der Waals surface area contributed by atoms with E-state index in [1.807, 2.05) is 22.6 Å². The number of hydrogen-bond donors (Lipinski definition) is 0. The molecule has 10 heteroatoms. The van der Waals surface area contributed by atoms with E-state index >= 15 is 0 Å². The molecular weight excluding hydrogens is 429 g/mol. The third kappa shape index (κ3) is 3.08. The number of nitro groups is 2. The average molecular weight is 437 g/mol. The number of nitrogens with zero attached hydrogens (tertiary/aromatic N) is 5. The predicted molar refractivity (Wildman–Crippen MR) is 92.8 cm³/mol. The van der Waals surface area contributed by atoms with Crippen molar-refractivity contribution in [1.29, 1.82) is 0 Å². The van der Waals surface area contributed by atoms with Crippen LogP contribution in [-0.4, -0.2) is 24.8 Å². The number of hydrogen-bond acceptors (Lipinski definition) is 6. The molecule has 1 heterocycles. The third-order valence-corrected chi connectivity index (χ3v) is 3.92. The van der Waals surface area contributed by atoms with Gasteiger partial charge in [-0.15, -0.1) is 5.10 Å². The van der Waals surface area contributed by atoms with Gasteiger partial charge in [0.2, 0.25) is 0 Å². The van der Waals surface area contributed by atoms with Gasteiger partial charge in [-0.2, -0.15) is 0 Å². The Labute approximate surface area is 148 Å². The molecule has 0 saturated heterocycles. The molecular formula is C14H8IN5O4. The number of non-ortho nitro benzene ring substituents is 1.